The van der Waals surface area contributed by atoms with Crippen molar-refractivity contribution in [2.45, 2.75) is 31.3 Å². The summed E-state index contributed by atoms with van der Waals surface area (Å²) in [5, 5.41) is 11.8. The fourth-order valence-corrected chi connectivity index (χ4v) is 4.18. The maximum Gasteiger partial charge on any atom is 0.328 e. The van der Waals surface area contributed by atoms with E-state index in [2.05, 4.69) is 5.43 Å². The maximum atomic E-state index is 11.8. The monoisotopic (exact) mass is 443 g/mol. The molecule has 6 nitrogen and oxygen atoms in total. The van der Waals surface area contributed by atoms with Gasteiger partial charge < -0.3 is 10.8 Å². The van der Waals surface area contributed by atoms with Gasteiger partial charge in [-0.05, 0) is 47.6 Å². The number of carboxylic acids is 1. The van der Waals surface area contributed by atoms with Gasteiger partial charge in [0.2, 0.25) is 6.41 Å². The Balaban J connectivity index is 0.00000280. The van der Waals surface area contributed by atoms with E-state index in [0.29, 0.717) is 41.5 Å². The molecule has 0 spiro atoms. The molecule has 1 amide bonds. The number of nitrogens with zero attached hydrogens (tertiary/aromatic N) is 1. The number of hydrogen-bond donors (Lipinski definition) is 3. The van der Waals surface area contributed by atoms with Gasteiger partial charge in [0.05, 0.1) is 5.69 Å². The van der Waals surface area contributed by atoms with Crippen molar-refractivity contribution in [3.8, 4) is 0 Å². The average molecular weight is 445 g/mol. The zero-order valence-corrected chi connectivity index (χ0v) is 17.1. The third-order valence-corrected chi connectivity index (χ3v) is 5.31. The maximum absolute atomic E-state index is 11.8. The molecular weight excluding hydrogens is 425 g/mol. The second-order valence-corrected chi connectivity index (χ2v) is 7.29. The molecule has 0 radical (unpaired) electrons. The highest BCUT2D eigenvalue weighted by Gasteiger charge is 2.38. The van der Waals surface area contributed by atoms with Gasteiger partial charge in [-0.15, -0.1) is 12.4 Å². The van der Waals surface area contributed by atoms with Gasteiger partial charge in [0.25, 0.3) is 0 Å². The van der Waals surface area contributed by atoms with Gasteiger partial charge in [-0.25, -0.2) is 4.79 Å². The lowest BCUT2D eigenvalue weighted by Gasteiger charge is -2.39. The second-order valence-electron chi connectivity index (χ2n) is 6.45. The first-order chi connectivity index (χ1) is 12.9. The fourth-order valence-electron chi connectivity index (χ4n) is 3.54. The van der Waals surface area contributed by atoms with Gasteiger partial charge in [-0.2, -0.15) is 0 Å². The Morgan fingerprint density at radius 2 is 1.89 bits per heavy atom. The van der Waals surface area contributed by atoms with E-state index in [-0.39, 0.29) is 18.3 Å². The molecule has 0 bridgehead atoms. The molecule has 0 saturated carbocycles. The first-order valence-corrected chi connectivity index (χ1v) is 9.18. The van der Waals surface area contributed by atoms with E-state index in [1.54, 1.807) is 12.1 Å². The van der Waals surface area contributed by atoms with Gasteiger partial charge in [-0.1, -0.05) is 47.5 Å². The number of fused-ring (bicyclic) bond motifs is 1. The Bertz CT molecular complexity index is 861. The number of nitrogens with two attached hydrogens (primary N) is 1. The topological polar surface area (TPSA) is 95.7 Å². The molecular formula is C19H20Cl3N3O3. The van der Waals surface area contributed by atoms with Crippen LogP contribution in [0.15, 0.2) is 36.4 Å². The summed E-state index contributed by atoms with van der Waals surface area (Å²) in [5.74, 6) is -1.17. The van der Waals surface area contributed by atoms with Crippen LogP contribution in [0.25, 0.3) is 0 Å². The Labute approximate surface area is 179 Å². The quantitative estimate of drug-likeness (QED) is 0.592. The van der Waals surface area contributed by atoms with E-state index in [1.807, 2.05) is 24.3 Å². The number of carbonyl (C=O) groups excluding carboxylic acids is 1. The van der Waals surface area contributed by atoms with Crippen LogP contribution in [0.1, 0.15) is 29.0 Å². The van der Waals surface area contributed by atoms with Gasteiger partial charge >= 0.3 is 5.97 Å². The lowest BCUT2D eigenvalue weighted by Crippen LogP contribution is -2.53. The van der Waals surface area contributed by atoms with Crippen molar-refractivity contribution in [1.82, 2.24) is 5.43 Å². The van der Waals surface area contributed by atoms with E-state index >= 15 is 0 Å². The Kier molecular flexibility index (Phi) is 7.55. The molecule has 9 heteroatoms. The van der Waals surface area contributed by atoms with Gasteiger partial charge in [0.15, 0.2) is 0 Å². The molecule has 1 aliphatic rings. The van der Waals surface area contributed by atoms with Crippen molar-refractivity contribution < 1.29 is 14.7 Å². The lowest BCUT2D eigenvalue weighted by atomic mass is 9.82. The van der Waals surface area contributed by atoms with Gasteiger partial charge in [-0.3, -0.25) is 15.2 Å². The molecule has 1 aliphatic heterocycles. The summed E-state index contributed by atoms with van der Waals surface area (Å²) in [6.07, 6.45) is 1.35. The van der Waals surface area contributed by atoms with E-state index in [9.17, 15) is 14.7 Å². The van der Waals surface area contributed by atoms with E-state index in [0.717, 1.165) is 16.7 Å². The summed E-state index contributed by atoms with van der Waals surface area (Å²) in [5.41, 5.74) is 11.5. The molecule has 150 valence electrons. The Hall–Kier alpha value is -1.99. The number of amides is 1. The van der Waals surface area contributed by atoms with Gasteiger partial charge in [0, 0.05) is 16.6 Å². The summed E-state index contributed by atoms with van der Waals surface area (Å²) >= 11 is 12.6. The summed E-state index contributed by atoms with van der Waals surface area (Å²) in [6.45, 7) is 0.463. The summed E-state index contributed by atoms with van der Waals surface area (Å²) in [6, 6.07) is 10.2. The zero-order chi connectivity index (χ0) is 19.6. The standard InChI is InChI=1S/C19H19Cl2N3O3.ClH/c20-14-7-15(21)18-13(5-11-1-3-12(9-22)4-2-11)6-17(19(26)27)24(23-10-25)16(18)8-14;/h1-4,7-8,10,13,17H,5-6,9,22H2,(H,23,25)(H,26,27);1H/t13-,17+;/m1./s1. The molecule has 0 aromatic heterocycles. The SMILES string of the molecule is Cl.NCc1ccc(C[C@@H]2C[C@@H](C(=O)O)N(NC=O)c3cc(Cl)cc(Cl)c32)cc1. The third kappa shape index (κ3) is 4.52. The summed E-state index contributed by atoms with van der Waals surface area (Å²) < 4.78 is 0. The number of aliphatic carboxylic acids is 1. The molecule has 3 rings (SSSR count). The first-order valence-electron chi connectivity index (χ1n) is 8.43. The minimum atomic E-state index is -1.03. The Morgan fingerprint density at radius 3 is 2.46 bits per heavy atom. The minimum Gasteiger partial charge on any atom is -0.480 e. The minimum absolute atomic E-state index is 0. The lowest BCUT2D eigenvalue weighted by molar-refractivity contribution is -0.139. The Morgan fingerprint density at radius 1 is 1.25 bits per heavy atom. The first kappa shape index (κ1) is 22.3. The van der Waals surface area contributed by atoms with Crippen molar-refractivity contribution in [3.63, 3.8) is 0 Å². The van der Waals surface area contributed by atoms with Crippen LogP contribution in [0.4, 0.5) is 5.69 Å². The van der Waals surface area contributed by atoms with Crippen LogP contribution in [0.2, 0.25) is 10.0 Å². The smallest absolute Gasteiger partial charge is 0.328 e. The van der Waals surface area contributed by atoms with Gasteiger partial charge in [0.1, 0.15) is 6.04 Å². The normalized spacial score (nSPS) is 18.0. The molecule has 2 atom stereocenters. The molecule has 4 N–H and O–H groups in total. The fraction of sp³-hybridized carbons (Fsp3) is 0.263. The average Bonchev–Trinajstić information content (AvgIpc) is 2.63. The molecule has 0 saturated heterocycles. The number of carbonyl (C=O) groups is 2. The van der Waals surface area contributed by atoms with Crippen LogP contribution in [-0.2, 0) is 22.6 Å². The number of hydrogen-bond acceptors (Lipinski definition) is 4. The number of halogens is 3. The predicted octanol–water partition coefficient (Wildman–Crippen LogP) is 3.52. The highest BCUT2D eigenvalue weighted by Crippen LogP contribution is 2.44. The molecule has 0 aliphatic carbocycles. The van der Waals surface area contributed by atoms with Crippen LogP contribution in [0.3, 0.4) is 0 Å². The number of carboxylic acid groups (broad SMARTS) is 1. The van der Waals surface area contributed by atoms with Crippen molar-refractivity contribution >= 4 is 53.7 Å². The molecule has 2 aromatic rings. The van der Waals surface area contributed by atoms with E-state index < -0.39 is 12.0 Å². The molecule has 28 heavy (non-hydrogen) atoms. The van der Waals surface area contributed by atoms with Crippen molar-refractivity contribution in [3.05, 3.63) is 63.1 Å². The van der Waals surface area contributed by atoms with Crippen LogP contribution in [0.5, 0.6) is 0 Å². The molecule has 0 unspecified atom stereocenters. The van der Waals surface area contributed by atoms with Crippen molar-refractivity contribution in [1.29, 1.82) is 0 Å². The molecule has 0 fully saturated rings. The number of anilines is 1. The number of benzene rings is 2. The predicted molar refractivity (Wildman–Crippen MR) is 112 cm³/mol. The van der Waals surface area contributed by atoms with Crippen molar-refractivity contribution in [2.75, 3.05) is 5.01 Å². The summed E-state index contributed by atoms with van der Waals surface area (Å²) in [4.78, 5) is 22.9. The highest BCUT2D eigenvalue weighted by molar-refractivity contribution is 6.35. The zero-order valence-electron chi connectivity index (χ0n) is 14.8. The summed E-state index contributed by atoms with van der Waals surface area (Å²) in [7, 11) is 0. The van der Waals surface area contributed by atoms with Crippen LogP contribution in [0, 0.1) is 0 Å². The third-order valence-electron chi connectivity index (χ3n) is 4.78. The van der Waals surface area contributed by atoms with Crippen LogP contribution < -0.4 is 16.2 Å². The van der Waals surface area contributed by atoms with Crippen LogP contribution >= 0.6 is 35.6 Å². The number of hydrazine groups is 1. The largest absolute Gasteiger partial charge is 0.480 e. The number of rotatable bonds is 6. The van der Waals surface area contributed by atoms with Crippen LogP contribution in [-0.4, -0.2) is 23.5 Å². The highest BCUT2D eigenvalue weighted by atomic mass is 35.5. The number of nitrogens with one attached hydrogen (secondary N) is 1. The van der Waals surface area contributed by atoms with E-state index in [1.165, 1.54) is 5.01 Å². The molecule has 1 heterocycles. The second kappa shape index (κ2) is 9.47. The van der Waals surface area contributed by atoms with Crippen molar-refractivity contribution in [2.24, 2.45) is 5.73 Å². The molecule has 2 aromatic carbocycles. The van der Waals surface area contributed by atoms with E-state index in [4.69, 9.17) is 28.9 Å².